The van der Waals surface area contributed by atoms with Crippen molar-refractivity contribution < 1.29 is 9.90 Å². The van der Waals surface area contributed by atoms with E-state index in [1.54, 1.807) is 0 Å². The number of thioether (sulfide) groups is 1. The summed E-state index contributed by atoms with van der Waals surface area (Å²) in [6.07, 6.45) is 0. The van der Waals surface area contributed by atoms with Crippen LogP contribution in [0.2, 0.25) is 0 Å². The molecule has 6 heteroatoms. The standard InChI is InChI=1S/C6H13N3O2S/c1-4(9-6(7)8)2-12-3-5(10)11/h4H,2-3H2,1H3,(H,10,11)(H4,7,8,9). The van der Waals surface area contributed by atoms with Gasteiger partial charge in [0, 0.05) is 5.75 Å². The molecule has 5 nitrogen and oxygen atoms in total. The molecule has 0 rings (SSSR count). The van der Waals surface area contributed by atoms with E-state index in [0.717, 1.165) is 0 Å². The summed E-state index contributed by atoms with van der Waals surface area (Å²) in [5.41, 5.74) is 10.3. The van der Waals surface area contributed by atoms with Crippen LogP contribution in [-0.4, -0.2) is 34.6 Å². The highest BCUT2D eigenvalue weighted by atomic mass is 32.2. The first kappa shape index (κ1) is 11.1. The topological polar surface area (TPSA) is 102 Å². The van der Waals surface area contributed by atoms with Crippen LogP contribution in [0, 0.1) is 0 Å². The van der Waals surface area contributed by atoms with Crippen molar-refractivity contribution in [2.24, 2.45) is 16.5 Å². The zero-order chi connectivity index (χ0) is 9.56. The van der Waals surface area contributed by atoms with Crippen LogP contribution in [0.4, 0.5) is 0 Å². The number of carboxylic acid groups (broad SMARTS) is 1. The molecule has 12 heavy (non-hydrogen) atoms. The van der Waals surface area contributed by atoms with E-state index in [9.17, 15) is 4.79 Å². The Bertz CT molecular complexity index is 180. The molecular weight excluding hydrogens is 178 g/mol. The zero-order valence-corrected chi connectivity index (χ0v) is 7.67. The highest BCUT2D eigenvalue weighted by Crippen LogP contribution is 2.04. The third-order valence-corrected chi connectivity index (χ3v) is 2.12. The SMILES string of the molecule is CC(CSCC(=O)O)N=C(N)N. The first-order valence-electron chi connectivity index (χ1n) is 3.40. The van der Waals surface area contributed by atoms with Gasteiger partial charge < -0.3 is 16.6 Å². The highest BCUT2D eigenvalue weighted by Gasteiger charge is 2.02. The summed E-state index contributed by atoms with van der Waals surface area (Å²) >= 11 is 1.29. The second-order valence-corrected chi connectivity index (χ2v) is 3.34. The largest absolute Gasteiger partial charge is 0.481 e. The third kappa shape index (κ3) is 7.20. The molecule has 0 fully saturated rings. The fourth-order valence-corrected chi connectivity index (χ4v) is 1.32. The lowest BCUT2D eigenvalue weighted by atomic mass is 10.4. The average molecular weight is 191 g/mol. The Kier molecular flexibility index (Phi) is 5.27. The molecule has 5 N–H and O–H groups in total. The summed E-state index contributed by atoms with van der Waals surface area (Å²) in [6, 6.07) is -0.0284. The molecule has 1 atom stereocenters. The fourth-order valence-electron chi connectivity index (χ4n) is 0.609. The number of nitrogens with two attached hydrogens (primary N) is 2. The van der Waals surface area contributed by atoms with E-state index in [0.29, 0.717) is 5.75 Å². The summed E-state index contributed by atoms with van der Waals surface area (Å²) < 4.78 is 0. The van der Waals surface area contributed by atoms with Gasteiger partial charge in [-0.3, -0.25) is 4.79 Å². The van der Waals surface area contributed by atoms with Crippen LogP contribution >= 0.6 is 11.8 Å². The maximum Gasteiger partial charge on any atom is 0.313 e. The molecule has 0 aromatic rings. The van der Waals surface area contributed by atoms with Crippen molar-refractivity contribution in [1.82, 2.24) is 0 Å². The number of nitrogens with zero attached hydrogens (tertiary/aromatic N) is 1. The van der Waals surface area contributed by atoms with E-state index >= 15 is 0 Å². The minimum absolute atomic E-state index is 0.0284. The van der Waals surface area contributed by atoms with Gasteiger partial charge in [0.2, 0.25) is 0 Å². The van der Waals surface area contributed by atoms with Crippen molar-refractivity contribution in [2.45, 2.75) is 13.0 Å². The molecule has 0 aromatic heterocycles. The summed E-state index contributed by atoms with van der Waals surface area (Å²) in [4.78, 5) is 13.9. The molecule has 0 spiro atoms. The lowest BCUT2D eigenvalue weighted by Crippen LogP contribution is -2.25. The van der Waals surface area contributed by atoms with Crippen molar-refractivity contribution in [3.05, 3.63) is 0 Å². The molecule has 0 aliphatic heterocycles. The molecule has 70 valence electrons. The molecule has 0 aromatic carbocycles. The predicted octanol–water partition coefficient (Wildman–Crippen LogP) is -0.534. The molecule has 0 heterocycles. The third-order valence-electron chi connectivity index (χ3n) is 0.954. The van der Waals surface area contributed by atoms with Crippen molar-refractivity contribution in [2.75, 3.05) is 11.5 Å². The van der Waals surface area contributed by atoms with Gasteiger partial charge in [-0.2, -0.15) is 0 Å². The van der Waals surface area contributed by atoms with Gasteiger partial charge in [-0.25, -0.2) is 4.99 Å². The summed E-state index contributed by atoms with van der Waals surface area (Å²) in [6.45, 7) is 1.83. The molecule has 0 bridgehead atoms. The van der Waals surface area contributed by atoms with Gasteiger partial charge in [0.1, 0.15) is 0 Å². The lowest BCUT2D eigenvalue weighted by Gasteiger charge is -2.04. The van der Waals surface area contributed by atoms with Gasteiger partial charge in [-0.05, 0) is 6.92 Å². The average Bonchev–Trinajstić information content (AvgIpc) is 1.84. The summed E-state index contributed by atoms with van der Waals surface area (Å²) in [7, 11) is 0. The Hall–Kier alpha value is -0.910. The van der Waals surface area contributed by atoms with Gasteiger partial charge in [0.05, 0.1) is 11.8 Å². The van der Waals surface area contributed by atoms with E-state index in [4.69, 9.17) is 16.6 Å². The number of hydrogen-bond acceptors (Lipinski definition) is 3. The van der Waals surface area contributed by atoms with Crippen LogP contribution in [0.1, 0.15) is 6.92 Å². The first-order valence-corrected chi connectivity index (χ1v) is 4.56. The molecule has 0 amide bonds. The Morgan fingerprint density at radius 2 is 2.25 bits per heavy atom. The Labute approximate surface area is 75.2 Å². The van der Waals surface area contributed by atoms with E-state index < -0.39 is 5.97 Å². The summed E-state index contributed by atoms with van der Waals surface area (Å²) in [5, 5.41) is 8.30. The maximum atomic E-state index is 10.1. The van der Waals surface area contributed by atoms with Crippen LogP contribution in [-0.2, 0) is 4.79 Å². The Balaban J connectivity index is 3.51. The Morgan fingerprint density at radius 1 is 1.67 bits per heavy atom. The maximum absolute atomic E-state index is 10.1. The molecule has 0 radical (unpaired) electrons. The van der Waals surface area contributed by atoms with Crippen LogP contribution in [0.5, 0.6) is 0 Å². The first-order chi connectivity index (χ1) is 5.52. The smallest absolute Gasteiger partial charge is 0.313 e. The van der Waals surface area contributed by atoms with E-state index in [1.807, 2.05) is 6.92 Å². The molecular formula is C6H13N3O2S. The number of aliphatic imine (C=N–C) groups is 1. The van der Waals surface area contributed by atoms with Crippen LogP contribution < -0.4 is 11.5 Å². The minimum atomic E-state index is -0.822. The number of hydrogen-bond donors (Lipinski definition) is 3. The second-order valence-electron chi connectivity index (χ2n) is 2.31. The van der Waals surface area contributed by atoms with Gasteiger partial charge in [0.25, 0.3) is 0 Å². The van der Waals surface area contributed by atoms with Gasteiger partial charge in [-0.1, -0.05) is 0 Å². The quantitative estimate of drug-likeness (QED) is 0.400. The normalized spacial score (nSPS) is 12.1. The fraction of sp³-hybridized carbons (Fsp3) is 0.667. The number of aliphatic carboxylic acids is 1. The Morgan fingerprint density at radius 3 is 2.67 bits per heavy atom. The monoisotopic (exact) mass is 191 g/mol. The van der Waals surface area contributed by atoms with Crippen LogP contribution in [0.15, 0.2) is 4.99 Å². The van der Waals surface area contributed by atoms with Gasteiger partial charge in [-0.15, -0.1) is 11.8 Å². The number of guanidine groups is 1. The minimum Gasteiger partial charge on any atom is -0.481 e. The molecule has 0 saturated heterocycles. The van der Waals surface area contributed by atoms with Crippen molar-refractivity contribution >= 4 is 23.7 Å². The highest BCUT2D eigenvalue weighted by molar-refractivity contribution is 7.99. The van der Waals surface area contributed by atoms with E-state index in [2.05, 4.69) is 4.99 Å². The van der Waals surface area contributed by atoms with Crippen molar-refractivity contribution in [3.8, 4) is 0 Å². The van der Waals surface area contributed by atoms with E-state index in [1.165, 1.54) is 11.8 Å². The lowest BCUT2D eigenvalue weighted by molar-refractivity contribution is -0.133. The summed E-state index contributed by atoms with van der Waals surface area (Å²) in [5.74, 6) is -0.0792. The van der Waals surface area contributed by atoms with E-state index in [-0.39, 0.29) is 17.8 Å². The van der Waals surface area contributed by atoms with Crippen molar-refractivity contribution in [3.63, 3.8) is 0 Å². The number of carbonyl (C=O) groups is 1. The molecule has 0 aliphatic rings. The zero-order valence-electron chi connectivity index (χ0n) is 6.86. The number of carboxylic acids is 1. The van der Waals surface area contributed by atoms with Crippen LogP contribution in [0.25, 0.3) is 0 Å². The molecule has 0 saturated carbocycles. The number of rotatable bonds is 5. The second kappa shape index (κ2) is 5.70. The van der Waals surface area contributed by atoms with Gasteiger partial charge >= 0.3 is 5.97 Å². The molecule has 0 aliphatic carbocycles. The predicted molar refractivity (Wildman–Crippen MR) is 50.2 cm³/mol. The molecule has 1 unspecified atom stereocenters. The van der Waals surface area contributed by atoms with Gasteiger partial charge in [0.15, 0.2) is 5.96 Å². The van der Waals surface area contributed by atoms with Crippen molar-refractivity contribution in [1.29, 1.82) is 0 Å². The van der Waals surface area contributed by atoms with Crippen LogP contribution in [0.3, 0.4) is 0 Å².